The molecule has 0 saturated heterocycles. The summed E-state index contributed by atoms with van der Waals surface area (Å²) in [6.07, 6.45) is -4.64. The summed E-state index contributed by atoms with van der Waals surface area (Å²) in [4.78, 5) is 0.172. The lowest BCUT2D eigenvalue weighted by Crippen LogP contribution is -2.09. The highest BCUT2D eigenvalue weighted by Crippen LogP contribution is 2.41. The Labute approximate surface area is 131 Å². The standard InChI is InChI=1S/C12H5ClF3N5S/c13-7-2-6(12(14,15)16)8(19)1-5(7)10-11(22-4-18)9(3-17)20-21-10/h1-2H,19H2,(H,20,21). The second-order valence-electron chi connectivity index (χ2n) is 4.00. The summed E-state index contributed by atoms with van der Waals surface area (Å²) in [6, 6.07) is 3.50. The number of thioether (sulfide) groups is 1. The predicted molar refractivity (Wildman–Crippen MR) is 74.6 cm³/mol. The topological polar surface area (TPSA) is 102 Å². The Bertz CT molecular complexity index is 816. The Balaban J connectivity index is 2.66. The van der Waals surface area contributed by atoms with Gasteiger partial charge in [-0.2, -0.15) is 28.8 Å². The van der Waals surface area contributed by atoms with E-state index >= 15 is 0 Å². The molecular formula is C12H5ClF3N5S. The van der Waals surface area contributed by atoms with Gasteiger partial charge in [-0.15, -0.1) is 0 Å². The molecule has 10 heteroatoms. The van der Waals surface area contributed by atoms with E-state index in [2.05, 4.69) is 10.2 Å². The number of nitrogens with one attached hydrogen (secondary N) is 1. The molecule has 2 aromatic rings. The van der Waals surface area contributed by atoms with Crippen molar-refractivity contribution in [1.82, 2.24) is 10.2 Å². The number of hydrogen-bond donors (Lipinski definition) is 2. The molecular weight excluding hydrogens is 339 g/mol. The van der Waals surface area contributed by atoms with E-state index in [9.17, 15) is 13.2 Å². The fourth-order valence-corrected chi connectivity index (χ4v) is 2.56. The van der Waals surface area contributed by atoms with Gasteiger partial charge in [0, 0.05) is 11.3 Å². The van der Waals surface area contributed by atoms with E-state index in [1.54, 1.807) is 11.5 Å². The van der Waals surface area contributed by atoms with Gasteiger partial charge in [-0.25, -0.2) is 0 Å². The van der Waals surface area contributed by atoms with Crippen molar-refractivity contribution in [2.24, 2.45) is 0 Å². The van der Waals surface area contributed by atoms with Gasteiger partial charge in [0.15, 0.2) is 5.69 Å². The molecule has 1 aromatic carbocycles. The molecule has 1 aromatic heterocycles. The van der Waals surface area contributed by atoms with Gasteiger partial charge >= 0.3 is 6.18 Å². The molecule has 0 aliphatic carbocycles. The van der Waals surface area contributed by atoms with Gasteiger partial charge in [-0.05, 0) is 23.9 Å². The number of aromatic nitrogens is 2. The molecule has 0 unspecified atom stereocenters. The number of nitrogens with zero attached hydrogens (tertiary/aromatic N) is 3. The van der Waals surface area contributed by atoms with Crippen LogP contribution >= 0.6 is 23.4 Å². The summed E-state index contributed by atoms with van der Waals surface area (Å²) in [6.45, 7) is 0. The second-order valence-corrected chi connectivity index (χ2v) is 5.20. The van der Waals surface area contributed by atoms with Crippen LogP contribution in [0.1, 0.15) is 11.3 Å². The monoisotopic (exact) mass is 343 g/mol. The third kappa shape index (κ3) is 2.82. The van der Waals surface area contributed by atoms with Gasteiger partial charge in [0.25, 0.3) is 0 Å². The number of nitrogens with two attached hydrogens (primary N) is 1. The quantitative estimate of drug-likeness (QED) is 0.491. The van der Waals surface area contributed by atoms with Crippen molar-refractivity contribution < 1.29 is 13.2 Å². The Hall–Kier alpha value is -2.36. The number of halogens is 4. The average molecular weight is 344 g/mol. The molecule has 3 N–H and O–H groups in total. The van der Waals surface area contributed by atoms with E-state index in [1.165, 1.54) is 0 Å². The molecule has 5 nitrogen and oxygen atoms in total. The molecule has 1 heterocycles. The Kier molecular flexibility index (Phi) is 4.22. The third-order valence-corrected chi connectivity index (χ3v) is 3.69. The van der Waals surface area contributed by atoms with Crippen LogP contribution < -0.4 is 5.73 Å². The van der Waals surface area contributed by atoms with Gasteiger partial charge in [0.05, 0.1) is 21.2 Å². The molecule has 2 rings (SSSR count). The summed E-state index contributed by atoms with van der Waals surface area (Å²) >= 11 is 6.53. The first-order chi connectivity index (χ1) is 10.3. The molecule has 0 saturated carbocycles. The zero-order valence-electron chi connectivity index (χ0n) is 10.5. The molecule has 0 spiro atoms. The highest BCUT2D eigenvalue weighted by Gasteiger charge is 2.34. The minimum absolute atomic E-state index is 0.0592. The van der Waals surface area contributed by atoms with Crippen molar-refractivity contribution in [1.29, 1.82) is 10.5 Å². The van der Waals surface area contributed by atoms with Crippen LogP contribution in [0.5, 0.6) is 0 Å². The number of aromatic amines is 1. The van der Waals surface area contributed by atoms with Gasteiger partial charge in [0.1, 0.15) is 11.5 Å². The minimum atomic E-state index is -4.64. The van der Waals surface area contributed by atoms with Crippen LogP contribution in [-0.4, -0.2) is 10.2 Å². The predicted octanol–water partition coefficient (Wildman–Crippen LogP) is 3.78. The van der Waals surface area contributed by atoms with Gasteiger partial charge in [-0.1, -0.05) is 11.6 Å². The second kappa shape index (κ2) is 5.79. The van der Waals surface area contributed by atoms with Crippen LogP contribution in [0.3, 0.4) is 0 Å². The number of anilines is 1. The Morgan fingerprint density at radius 3 is 2.55 bits per heavy atom. The highest BCUT2D eigenvalue weighted by atomic mass is 35.5. The number of nitrogen functional groups attached to an aromatic ring is 1. The first-order valence-corrected chi connectivity index (χ1v) is 6.70. The smallest absolute Gasteiger partial charge is 0.398 e. The van der Waals surface area contributed by atoms with Crippen molar-refractivity contribution in [2.75, 3.05) is 5.73 Å². The van der Waals surface area contributed by atoms with E-state index in [4.69, 9.17) is 27.9 Å². The maximum absolute atomic E-state index is 12.8. The summed E-state index contributed by atoms with van der Waals surface area (Å²) in [5.41, 5.74) is 4.07. The number of alkyl halides is 3. The summed E-state index contributed by atoms with van der Waals surface area (Å²) in [5, 5.41) is 25.4. The molecule has 22 heavy (non-hydrogen) atoms. The van der Waals surface area contributed by atoms with Crippen LogP contribution in [-0.2, 0) is 6.18 Å². The van der Waals surface area contributed by atoms with Crippen LogP contribution in [0.25, 0.3) is 11.3 Å². The lowest BCUT2D eigenvalue weighted by atomic mass is 10.1. The van der Waals surface area contributed by atoms with E-state index in [0.717, 1.165) is 6.07 Å². The van der Waals surface area contributed by atoms with Crippen molar-refractivity contribution in [2.45, 2.75) is 11.1 Å². The van der Waals surface area contributed by atoms with Gasteiger partial charge < -0.3 is 5.73 Å². The number of nitriles is 2. The lowest BCUT2D eigenvalue weighted by molar-refractivity contribution is -0.136. The maximum atomic E-state index is 12.8. The first-order valence-electron chi connectivity index (χ1n) is 5.50. The lowest BCUT2D eigenvalue weighted by Gasteiger charge is -2.13. The number of rotatable bonds is 2. The van der Waals surface area contributed by atoms with E-state index in [0.29, 0.717) is 17.8 Å². The van der Waals surface area contributed by atoms with Gasteiger partial charge in [-0.3, -0.25) is 5.10 Å². The molecule has 0 radical (unpaired) electrons. The molecule has 0 amide bonds. The zero-order chi connectivity index (χ0) is 16.5. The highest BCUT2D eigenvalue weighted by molar-refractivity contribution is 8.03. The number of benzene rings is 1. The van der Waals surface area contributed by atoms with Crippen LogP contribution in [0.2, 0.25) is 5.02 Å². The molecule has 0 fully saturated rings. The number of H-pyrrole nitrogens is 1. The maximum Gasteiger partial charge on any atom is 0.418 e. The van der Waals surface area contributed by atoms with Crippen molar-refractivity contribution in [3.63, 3.8) is 0 Å². The SMILES string of the molecule is N#CSc1c(C#N)n[nH]c1-c1cc(N)c(C(F)(F)F)cc1Cl. The summed E-state index contributed by atoms with van der Waals surface area (Å²) < 4.78 is 38.3. The van der Waals surface area contributed by atoms with E-state index in [1.807, 2.05) is 0 Å². The Morgan fingerprint density at radius 2 is 2.00 bits per heavy atom. The molecule has 0 aliphatic rings. The van der Waals surface area contributed by atoms with Crippen LogP contribution in [0, 0.1) is 22.0 Å². The third-order valence-electron chi connectivity index (χ3n) is 2.69. The fourth-order valence-electron chi connectivity index (χ4n) is 1.76. The zero-order valence-corrected chi connectivity index (χ0v) is 12.1. The molecule has 112 valence electrons. The van der Waals surface area contributed by atoms with E-state index in [-0.39, 0.29) is 26.9 Å². The van der Waals surface area contributed by atoms with E-state index < -0.39 is 17.4 Å². The fraction of sp³-hybridized carbons (Fsp3) is 0.0833. The first kappa shape index (κ1) is 16.0. The summed E-state index contributed by atoms with van der Waals surface area (Å²) in [7, 11) is 0. The molecule has 0 aliphatic heterocycles. The minimum Gasteiger partial charge on any atom is -0.398 e. The average Bonchev–Trinajstić information content (AvgIpc) is 2.83. The van der Waals surface area contributed by atoms with Crippen molar-refractivity contribution >= 4 is 29.1 Å². The molecule has 0 bridgehead atoms. The van der Waals surface area contributed by atoms with Crippen molar-refractivity contribution in [3.8, 4) is 22.7 Å². The molecule has 0 atom stereocenters. The van der Waals surface area contributed by atoms with Gasteiger partial charge in [0.2, 0.25) is 0 Å². The van der Waals surface area contributed by atoms with Crippen molar-refractivity contribution in [3.05, 3.63) is 28.4 Å². The number of thiocyanates is 1. The summed E-state index contributed by atoms with van der Waals surface area (Å²) in [5.74, 6) is 0. The number of hydrogen-bond acceptors (Lipinski definition) is 5. The van der Waals surface area contributed by atoms with Crippen LogP contribution in [0.4, 0.5) is 18.9 Å². The Morgan fingerprint density at radius 1 is 1.32 bits per heavy atom. The largest absolute Gasteiger partial charge is 0.418 e. The van der Waals surface area contributed by atoms with Crippen LogP contribution in [0.15, 0.2) is 17.0 Å². The normalized spacial score (nSPS) is 11.0.